The van der Waals surface area contributed by atoms with Crippen molar-refractivity contribution < 1.29 is 4.74 Å². The molecule has 0 spiro atoms. The van der Waals surface area contributed by atoms with Crippen molar-refractivity contribution in [2.45, 2.75) is 26.7 Å². The van der Waals surface area contributed by atoms with Crippen LogP contribution < -0.4 is 15.8 Å². The average molecular weight is 284 g/mol. The number of aryl methyl sites for hydroxylation is 2. The van der Waals surface area contributed by atoms with E-state index >= 15 is 0 Å². The first-order chi connectivity index (χ1) is 10.2. The van der Waals surface area contributed by atoms with Crippen LogP contribution in [0.3, 0.4) is 0 Å². The van der Waals surface area contributed by atoms with Crippen LogP contribution in [0.1, 0.15) is 24.5 Å². The van der Waals surface area contributed by atoms with E-state index in [1.807, 2.05) is 19.1 Å². The van der Waals surface area contributed by atoms with Gasteiger partial charge in [-0.3, -0.25) is 0 Å². The molecular weight excluding hydrogens is 260 g/mol. The van der Waals surface area contributed by atoms with E-state index in [1.54, 1.807) is 0 Å². The second kappa shape index (κ2) is 7.58. The molecule has 0 bridgehead atoms. The highest BCUT2D eigenvalue weighted by Crippen LogP contribution is 2.23. The van der Waals surface area contributed by atoms with Crippen LogP contribution in [0.25, 0.3) is 0 Å². The molecule has 112 valence electrons. The summed E-state index contributed by atoms with van der Waals surface area (Å²) in [7, 11) is 0. The lowest BCUT2D eigenvalue weighted by Crippen LogP contribution is -2.03. The smallest absolute Gasteiger partial charge is 0.142 e. The Balaban J connectivity index is 1.78. The lowest BCUT2D eigenvalue weighted by atomic mass is 10.1. The predicted octanol–water partition coefficient (Wildman–Crippen LogP) is 4.02. The minimum Gasteiger partial charge on any atom is -0.492 e. The molecule has 2 aromatic rings. The molecule has 2 aromatic carbocycles. The van der Waals surface area contributed by atoms with Gasteiger partial charge in [0.15, 0.2) is 0 Å². The molecule has 0 aromatic heterocycles. The molecule has 0 aliphatic rings. The first-order valence-corrected chi connectivity index (χ1v) is 7.51. The molecule has 2 rings (SSSR count). The summed E-state index contributed by atoms with van der Waals surface area (Å²) in [6.07, 6.45) is 2.08. The molecule has 0 saturated carbocycles. The molecular formula is C18H24N2O. The molecule has 0 amide bonds. The zero-order valence-electron chi connectivity index (χ0n) is 12.9. The standard InChI is InChI=1S/C18H24N2O/c1-3-21-18-11-8-15(13-17(18)19)5-4-12-20-16-9-6-14(2)7-10-16/h6-11,13,20H,3-5,12,19H2,1-2H3. The fraction of sp³-hybridized carbons (Fsp3) is 0.333. The fourth-order valence-corrected chi connectivity index (χ4v) is 2.24. The molecule has 21 heavy (non-hydrogen) atoms. The number of nitrogen functional groups attached to an aromatic ring is 1. The van der Waals surface area contributed by atoms with E-state index in [2.05, 4.69) is 42.6 Å². The molecule has 3 N–H and O–H groups in total. The van der Waals surface area contributed by atoms with Crippen LogP contribution in [0, 0.1) is 6.92 Å². The summed E-state index contributed by atoms with van der Waals surface area (Å²) in [5.74, 6) is 0.777. The molecule has 0 saturated heterocycles. The summed E-state index contributed by atoms with van der Waals surface area (Å²) in [5.41, 5.74) is 10.4. The molecule has 0 unspecified atom stereocenters. The summed E-state index contributed by atoms with van der Waals surface area (Å²) in [6, 6.07) is 14.5. The zero-order chi connectivity index (χ0) is 15.1. The van der Waals surface area contributed by atoms with Gasteiger partial charge in [-0.15, -0.1) is 0 Å². The van der Waals surface area contributed by atoms with Crippen LogP contribution in [-0.2, 0) is 6.42 Å². The van der Waals surface area contributed by atoms with Gasteiger partial charge in [0.1, 0.15) is 5.75 Å². The minimum atomic E-state index is 0.643. The van der Waals surface area contributed by atoms with Gasteiger partial charge in [0.05, 0.1) is 12.3 Å². The molecule has 0 radical (unpaired) electrons. The molecule has 0 aliphatic heterocycles. The Morgan fingerprint density at radius 2 is 1.86 bits per heavy atom. The number of nitrogens with two attached hydrogens (primary N) is 1. The van der Waals surface area contributed by atoms with E-state index < -0.39 is 0 Å². The summed E-state index contributed by atoms with van der Waals surface area (Å²) < 4.78 is 5.45. The Morgan fingerprint density at radius 1 is 1.10 bits per heavy atom. The Morgan fingerprint density at radius 3 is 2.52 bits per heavy atom. The van der Waals surface area contributed by atoms with Crippen LogP contribution in [0.15, 0.2) is 42.5 Å². The quantitative estimate of drug-likeness (QED) is 0.596. The summed E-state index contributed by atoms with van der Waals surface area (Å²) >= 11 is 0. The molecule has 0 aliphatic carbocycles. The maximum absolute atomic E-state index is 5.98. The van der Waals surface area contributed by atoms with Crippen molar-refractivity contribution in [2.75, 3.05) is 24.2 Å². The lowest BCUT2D eigenvalue weighted by Gasteiger charge is -2.10. The molecule has 0 fully saturated rings. The van der Waals surface area contributed by atoms with Crippen molar-refractivity contribution in [1.82, 2.24) is 0 Å². The maximum Gasteiger partial charge on any atom is 0.142 e. The summed E-state index contributed by atoms with van der Waals surface area (Å²) in [5, 5.41) is 3.43. The van der Waals surface area contributed by atoms with E-state index in [4.69, 9.17) is 10.5 Å². The number of benzene rings is 2. The Hall–Kier alpha value is -2.16. The van der Waals surface area contributed by atoms with Crippen LogP contribution in [-0.4, -0.2) is 13.2 Å². The van der Waals surface area contributed by atoms with Crippen LogP contribution >= 0.6 is 0 Å². The van der Waals surface area contributed by atoms with Crippen molar-refractivity contribution in [3.63, 3.8) is 0 Å². The highest BCUT2D eigenvalue weighted by atomic mass is 16.5. The normalized spacial score (nSPS) is 10.4. The van der Waals surface area contributed by atoms with Gasteiger partial charge in [-0.05, 0) is 56.5 Å². The minimum absolute atomic E-state index is 0.643. The molecule has 0 heterocycles. The second-order valence-corrected chi connectivity index (χ2v) is 5.20. The van der Waals surface area contributed by atoms with Crippen molar-refractivity contribution in [3.05, 3.63) is 53.6 Å². The van der Waals surface area contributed by atoms with Crippen molar-refractivity contribution >= 4 is 11.4 Å². The average Bonchev–Trinajstić information content (AvgIpc) is 2.48. The van der Waals surface area contributed by atoms with E-state index in [0.29, 0.717) is 6.61 Å². The predicted molar refractivity (Wildman–Crippen MR) is 90.0 cm³/mol. The third-order valence-corrected chi connectivity index (χ3v) is 3.40. The number of hydrogen-bond donors (Lipinski definition) is 2. The van der Waals surface area contributed by atoms with Crippen LogP contribution in [0.2, 0.25) is 0 Å². The number of nitrogens with one attached hydrogen (secondary N) is 1. The largest absolute Gasteiger partial charge is 0.492 e. The van der Waals surface area contributed by atoms with E-state index in [0.717, 1.165) is 30.8 Å². The number of ether oxygens (including phenoxy) is 1. The highest BCUT2D eigenvalue weighted by Gasteiger charge is 2.01. The fourth-order valence-electron chi connectivity index (χ4n) is 2.24. The number of rotatable bonds is 7. The second-order valence-electron chi connectivity index (χ2n) is 5.20. The highest BCUT2D eigenvalue weighted by molar-refractivity contribution is 5.54. The van der Waals surface area contributed by atoms with Gasteiger partial charge in [-0.25, -0.2) is 0 Å². The first-order valence-electron chi connectivity index (χ1n) is 7.51. The maximum atomic E-state index is 5.98. The number of hydrogen-bond acceptors (Lipinski definition) is 3. The topological polar surface area (TPSA) is 47.3 Å². The van der Waals surface area contributed by atoms with Gasteiger partial charge in [0.25, 0.3) is 0 Å². The summed E-state index contributed by atoms with van der Waals surface area (Å²) in [6.45, 7) is 5.66. The van der Waals surface area contributed by atoms with Gasteiger partial charge < -0.3 is 15.8 Å². The SMILES string of the molecule is CCOc1ccc(CCCNc2ccc(C)cc2)cc1N. The van der Waals surface area contributed by atoms with Gasteiger partial charge in [-0.1, -0.05) is 23.8 Å². The third-order valence-electron chi connectivity index (χ3n) is 3.40. The first kappa shape index (κ1) is 15.2. The van der Waals surface area contributed by atoms with Gasteiger partial charge in [0, 0.05) is 12.2 Å². The van der Waals surface area contributed by atoms with E-state index in [1.165, 1.54) is 16.8 Å². The monoisotopic (exact) mass is 284 g/mol. The Labute approximate surface area is 127 Å². The van der Waals surface area contributed by atoms with Crippen molar-refractivity contribution in [1.29, 1.82) is 0 Å². The lowest BCUT2D eigenvalue weighted by molar-refractivity contribution is 0.342. The Bertz CT molecular complexity index is 564. The van der Waals surface area contributed by atoms with Gasteiger partial charge in [-0.2, -0.15) is 0 Å². The van der Waals surface area contributed by atoms with Gasteiger partial charge in [0.2, 0.25) is 0 Å². The molecule has 3 nitrogen and oxygen atoms in total. The Kier molecular flexibility index (Phi) is 5.50. The zero-order valence-corrected chi connectivity index (χ0v) is 12.9. The third kappa shape index (κ3) is 4.71. The van der Waals surface area contributed by atoms with Crippen LogP contribution in [0.5, 0.6) is 5.75 Å². The van der Waals surface area contributed by atoms with E-state index in [9.17, 15) is 0 Å². The van der Waals surface area contributed by atoms with Crippen LogP contribution in [0.4, 0.5) is 11.4 Å². The van der Waals surface area contributed by atoms with Crippen molar-refractivity contribution in [3.8, 4) is 5.75 Å². The summed E-state index contributed by atoms with van der Waals surface area (Å²) in [4.78, 5) is 0. The van der Waals surface area contributed by atoms with E-state index in [-0.39, 0.29) is 0 Å². The van der Waals surface area contributed by atoms with Gasteiger partial charge >= 0.3 is 0 Å². The number of anilines is 2. The molecule has 0 atom stereocenters. The molecule has 3 heteroatoms. The van der Waals surface area contributed by atoms with Crippen molar-refractivity contribution in [2.24, 2.45) is 0 Å².